The second-order valence-electron chi connectivity index (χ2n) is 2.91. The Labute approximate surface area is 80.8 Å². The summed E-state index contributed by atoms with van der Waals surface area (Å²) in [5.41, 5.74) is 7.61. The number of hydrogen-bond acceptors (Lipinski definition) is 3. The van der Waals surface area contributed by atoms with Gasteiger partial charge in [0.25, 0.3) is 0 Å². The Bertz CT molecular complexity index is 402. The van der Waals surface area contributed by atoms with E-state index >= 15 is 0 Å². The monoisotopic (exact) mass is 193 g/mol. The fraction of sp³-hybridized carbons (Fsp3) is 0.222. The number of nitrogens with zero attached hydrogens (tertiary/aromatic N) is 2. The molecule has 0 radical (unpaired) electrons. The van der Waals surface area contributed by atoms with Crippen LogP contribution < -0.4 is 5.73 Å². The van der Waals surface area contributed by atoms with Gasteiger partial charge in [-0.3, -0.25) is 0 Å². The van der Waals surface area contributed by atoms with E-state index in [2.05, 4.69) is 17.2 Å². The van der Waals surface area contributed by atoms with Crippen LogP contribution in [0.2, 0.25) is 0 Å². The van der Waals surface area contributed by atoms with Crippen LogP contribution in [0.25, 0.3) is 10.6 Å². The molecule has 0 saturated heterocycles. The van der Waals surface area contributed by atoms with E-state index in [-0.39, 0.29) is 0 Å². The summed E-state index contributed by atoms with van der Waals surface area (Å²) < 4.78 is 2.01. The molecule has 0 aliphatic carbocycles. The number of aromatic nitrogens is 2. The van der Waals surface area contributed by atoms with Crippen molar-refractivity contribution < 1.29 is 0 Å². The van der Waals surface area contributed by atoms with E-state index in [9.17, 15) is 0 Å². The molecule has 0 spiro atoms. The Kier molecular flexibility index (Phi) is 2.16. The normalized spacial score (nSPS) is 10.6. The number of aryl methyl sites for hydroxylation is 1. The molecule has 0 unspecified atom stereocenters. The summed E-state index contributed by atoms with van der Waals surface area (Å²) >= 11 is 1.64. The lowest BCUT2D eigenvalue weighted by Gasteiger charge is -1.88. The highest BCUT2D eigenvalue weighted by Gasteiger charge is 2.03. The Hall–Kier alpha value is -1.13. The molecule has 2 heterocycles. The van der Waals surface area contributed by atoms with Gasteiger partial charge in [-0.1, -0.05) is 0 Å². The van der Waals surface area contributed by atoms with Crippen LogP contribution in [0.5, 0.6) is 0 Å². The molecule has 0 aromatic carbocycles. The van der Waals surface area contributed by atoms with Gasteiger partial charge < -0.3 is 10.3 Å². The van der Waals surface area contributed by atoms with Crippen molar-refractivity contribution >= 4 is 11.3 Å². The van der Waals surface area contributed by atoms with Gasteiger partial charge in [0.15, 0.2) is 0 Å². The summed E-state index contributed by atoms with van der Waals surface area (Å²) in [4.78, 5) is 4.39. The standard InChI is InChI=1S/C9H11N3S/c1-12-3-2-7(5-12)9-11-8(4-10)6-13-9/h2-3,5-6H,4,10H2,1H3. The van der Waals surface area contributed by atoms with Crippen molar-refractivity contribution in [3.05, 3.63) is 29.5 Å². The lowest BCUT2D eigenvalue weighted by molar-refractivity contribution is 0.928. The smallest absolute Gasteiger partial charge is 0.125 e. The SMILES string of the molecule is Cn1ccc(-c2nc(CN)cs2)c1. The minimum absolute atomic E-state index is 0.517. The van der Waals surface area contributed by atoms with Crippen molar-refractivity contribution in [1.82, 2.24) is 9.55 Å². The first-order valence-corrected chi connectivity index (χ1v) is 4.94. The topological polar surface area (TPSA) is 43.8 Å². The van der Waals surface area contributed by atoms with E-state index < -0.39 is 0 Å². The average Bonchev–Trinajstić information content (AvgIpc) is 2.71. The van der Waals surface area contributed by atoms with Gasteiger partial charge in [0, 0.05) is 36.9 Å². The molecule has 2 aromatic heterocycles. The van der Waals surface area contributed by atoms with Crippen LogP contribution in [0.3, 0.4) is 0 Å². The molecule has 2 rings (SSSR count). The van der Waals surface area contributed by atoms with E-state index in [4.69, 9.17) is 5.73 Å². The average molecular weight is 193 g/mol. The maximum Gasteiger partial charge on any atom is 0.125 e. The van der Waals surface area contributed by atoms with Gasteiger partial charge in [0.2, 0.25) is 0 Å². The van der Waals surface area contributed by atoms with Crippen molar-refractivity contribution in [2.45, 2.75) is 6.54 Å². The zero-order valence-electron chi connectivity index (χ0n) is 7.40. The van der Waals surface area contributed by atoms with Crippen LogP contribution in [0.4, 0.5) is 0 Å². The first kappa shape index (κ1) is 8.47. The summed E-state index contributed by atoms with van der Waals surface area (Å²) in [6.45, 7) is 0.517. The number of thiazole rings is 1. The summed E-state index contributed by atoms with van der Waals surface area (Å²) in [5, 5.41) is 3.04. The van der Waals surface area contributed by atoms with E-state index in [1.54, 1.807) is 11.3 Å². The third-order valence-electron chi connectivity index (χ3n) is 1.84. The highest BCUT2D eigenvalue weighted by Crippen LogP contribution is 2.23. The van der Waals surface area contributed by atoms with Crippen LogP contribution in [0, 0.1) is 0 Å². The largest absolute Gasteiger partial charge is 0.357 e. The van der Waals surface area contributed by atoms with E-state index in [1.165, 1.54) is 0 Å². The summed E-state index contributed by atoms with van der Waals surface area (Å²) in [5.74, 6) is 0. The van der Waals surface area contributed by atoms with Crippen LogP contribution in [-0.4, -0.2) is 9.55 Å². The molecule has 0 fully saturated rings. The molecule has 68 valence electrons. The molecule has 2 N–H and O–H groups in total. The molecule has 0 saturated carbocycles. The second-order valence-corrected chi connectivity index (χ2v) is 3.77. The number of hydrogen-bond donors (Lipinski definition) is 1. The maximum atomic E-state index is 5.49. The van der Waals surface area contributed by atoms with Crippen LogP contribution in [-0.2, 0) is 13.6 Å². The van der Waals surface area contributed by atoms with Crippen molar-refractivity contribution in [2.24, 2.45) is 12.8 Å². The Morgan fingerprint density at radius 1 is 1.62 bits per heavy atom. The van der Waals surface area contributed by atoms with Gasteiger partial charge >= 0.3 is 0 Å². The van der Waals surface area contributed by atoms with Gasteiger partial charge in [-0.15, -0.1) is 11.3 Å². The van der Waals surface area contributed by atoms with E-state index in [0.717, 1.165) is 16.3 Å². The molecule has 0 amide bonds. The van der Waals surface area contributed by atoms with Crippen molar-refractivity contribution in [3.8, 4) is 10.6 Å². The Morgan fingerprint density at radius 3 is 3.00 bits per heavy atom. The first-order valence-electron chi connectivity index (χ1n) is 4.06. The Morgan fingerprint density at radius 2 is 2.46 bits per heavy atom. The molecule has 0 aliphatic rings. The number of nitrogens with two attached hydrogens (primary N) is 1. The molecule has 2 aromatic rings. The molecule has 0 atom stereocenters. The lowest BCUT2D eigenvalue weighted by atomic mass is 10.3. The van der Waals surface area contributed by atoms with Crippen LogP contribution in [0.1, 0.15) is 5.69 Å². The molecular formula is C9H11N3S. The lowest BCUT2D eigenvalue weighted by Crippen LogP contribution is -1.95. The summed E-state index contributed by atoms with van der Waals surface area (Å²) in [7, 11) is 2.00. The molecule has 4 heteroatoms. The minimum Gasteiger partial charge on any atom is -0.357 e. The van der Waals surface area contributed by atoms with Gasteiger partial charge in [0.1, 0.15) is 5.01 Å². The van der Waals surface area contributed by atoms with Crippen molar-refractivity contribution in [2.75, 3.05) is 0 Å². The molecule has 0 aliphatic heterocycles. The van der Waals surface area contributed by atoms with E-state index in [1.807, 2.05) is 23.2 Å². The second kappa shape index (κ2) is 3.32. The first-order chi connectivity index (χ1) is 6.29. The molecule has 13 heavy (non-hydrogen) atoms. The highest BCUT2D eigenvalue weighted by molar-refractivity contribution is 7.13. The third kappa shape index (κ3) is 1.64. The molecule has 0 bridgehead atoms. The fourth-order valence-electron chi connectivity index (χ4n) is 1.16. The summed E-state index contributed by atoms with van der Waals surface area (Å²) in [6, 6.07) is 2.05. The van der Waals surface area contributed by atoms with Crippen molar-refractivity contribution in [1.29, 1.82) is 0 Å². The molecule has 3 nitrogen and oxygen atoms in total. The predicted octanol–water partition coefficient (Wildman–Crippen LogP) is 1.61. The van der Waals surface area contributed by atoms with Gasteiger partial charge in [-0.2, -0.15) is 0 Å². The van der Waals surface area contributed by atoms with E-state index in [0.29, 0.717) is 6.54 Å². The number of rotatable bonds is 2. The quantitative estimate of drug-likeness (QED) is 0.787. The van der Waals surface area contributed by atoms with Gasteiger partial charge in [0.05, 0.1) is 5.69 Å². The Balaban J connectivity index is 2.35. The zero-order chi connectivity index (χ0) is 9.26. The molecular weight excluding hydrogens is 182 g/mol. The zero-order valence-corrected chi connectivity index (χ0v) is 8.21. The van der Waals surface area contributed by atoms with Crippen LogP contribution in [0.15, 0.2) is 23.8 Å². The van der Waals surface area contributed by atoms with Gasteiger partial charge in [-0.05, 0) is 6.07 Å². The van der Waals surface area contributed by atoms with Crippen molar-refractivity contribution in [3.63, 3.8) is 0 Å². The summed E-state index contributed by atoms with van der Waals surface area (Å²) in [6.07, 6.45) is 4.07. The van der Waals surface area contributed by atoms with Crippen LogP contribution >= 0.6 is 11.3 Å². The van der Waals surface area contributed by atoms with Gasteiger partial charge in [-0.25, -0.2) is 4.98 Å². The fourth-order valence-corrected chi connectivity index (χ4v) is 1.99. The third-order valence-corrected chi connectivity index (χ3v) is 2.78. The highest BCUT2D eigenvalue weighted by atomic mass is 32.1. The predicted molar refractivity (Wildman–Crippen MR) is 54.4 cm³/mol. The minimum atomic E-state index is 0.517. The maximum absolute atomic E-state index is 5.49.